The zero-order valence-electron chi connectivity index (χ0n) is 15.0. The molecule has 0 saturated carbocycles. The maximum atomic E-state index is 14.0. The molecule has 1 N–H and O–H groups in total. The van der Waals surface area contributed by atoms with Gasteiger partial charge >= 0.3 is 0 Å². The van der Waals surface area contributed by atoms with Crippen molar-refractivity contribution < 1.29 is 13.9 Å². The highest BCUT2D eigenvalue weighted by Gasteiger charge is 2.16. The molecule has 1 amide bonds. The summed E-state index contributed by atoms with van der Waals surface area (Å²) in [5, 5.41) is 11.5. The molecule has 140 valence electrons. The molecule has 0 atom stereocenters. The number of carbonyl (C=O) groups excluding carboxylic acids is 1. The zero-order valence-corrected chi connectivity index (χ0v) is 15.8. The molecule has 27 heavy (non-hydrogen) atoms. The predicted octanol–water partition coefficient (Wildman–Crippen LogP) is 3.75. The van der Waals surface area contributed by atoms with Crippen LogP contribution in [-0.2, 0) is 11.8 Å². The van der Waals surface area contributed by atoms with Crippen molar-refractivity contribution in [3.8, 4) is 17.1 Å². The number of hydrogen-bond donors (Lipinski definition) is 1. The Labute approximate surface area is 160 Å². The van der Waals surface area contributed by atoms with Crippen LogP contribution in [0.4, 0.5) is 10.1 Å². The number of hydrogen-bond acceptors (Lipinski definition) is 5. The molecular weight excluding hydrogens is 367 g/mol. The Kier molecular flexibility index (Phi) is 6.08. The van der Waals surface area contributed by atoms with E-state index in [-0.39, 0.29) is 17.5 Å². The Balaban J connectivity index is 1.66. The van der Waals surface area contributed by atoms with Gasteiger partial charge in [-0.2, -0.15) is 0 Å². The van der Waals surface area contributed by atoms with Gasteiger partial charge in [-0.1, -0.05) is 36.0 Å². The van der Waals surface area contributed by atoms with Crippen molar-refractivity contribution in [2.45, 2.75) is 12.1 Å². The summed E-state index contributed by atoms with van der Waals surface area (Å²) in [7, 11) is 1.74. The first-order valence-electron chi connectivity index (χ1n) is 8.39. The van der Waals surface area contributed by atoms with E-state index in [9.17, 15) is 9.18 Å². The molecule has 1 heterocycles. The molecule has 0 aliphatic carbocycles. The fourth-order valence-corrected chi connectivity index (χ4v) is 3.20. The second-order valence-corrected chi connectivity index (χ2v) is 6.55. The summed E-state index contributed by atoms with van der Waals surface area (Å²) in [6.45, 7) is 2.40. The van der Waals surface area contributed by atoms with Crippen LogP contribution >= 0.6 is 11.8 Å². The molecule has 3 rings (SSSR count). The van der Waals surface area contributed by atoms with Crippen molar-refractivity contribution in [1.29, 1.82) is 0 Å². The maximum absolute atomic E-state index is 14.0. The Morgan fingerprint density at radius 2 is 1.93 bits per heavy atom. The number of carbonyl (C=O) groups is 1. The largest absolute Gasteiger partial charge is 0.492 e. The van der Waals surface area contributed by atoms with Gasteiger partial charge in [0.1, 0.15) is 11.6 Å². The minimum absolute atomic E-state index is 0.143. The highest BCUT2D eigenvalue weighted by molar-refractivity contribution is 7.99. The zero-order chi connectivity index (χ0) is 19.2. The summed E-state index contributed by atoms with van der Waals surface area (Å²) in [6.07, 6.45) is 0. The summed E-state index contributed by atoms with van der Waals surface area (Å²) in [6, 6.07) is 13.6. The summed E-state index contributed by atoms with van der Waals surface area (Å²) in [5.41, 5.74) is 0.990. The van der Waals surface area contributed by atoms with Gasteiger partial charge < -0.3 is 14.6 Å². The molecule has 0 aliphatic heterocycles. The monoisotopic (exact) mass is 386 g/mol. The fourth-order valence-electron chi connectivity index (χ4n) is 2.49. The van der Waals surface area contributed by atoms with E-state index < -0.39 is 0 Å². The lowest BCUT2D eigenvalue weighted by Gasteiger charge is -2.11. The maximum Gasteiger partial charge on any atom is 0.234 e. The van der Waals surface area contributed by atoms with E-state index >= 15 is 0 Å². The summed E-state index contributed by atoms with van der Waals surface area (Å²) in [4.78, 5) is 12.3. The summed E-state index contributed by atoms with van der Waals surface area (Å²) >= 11 is 1.23. The lowest BCUT2D eigenvalue weighted by molar-refractivity contribution is -0.113. The van der Waals surface area contributed by atoms with Crippen LogP contribution in [0.1, 0.15) is 6.92 Å². The third-order valence-electron chi connectivity index (χ3n) is 3.74. The summed E-state index contributed by atoms with van der Waals surface area (Å²) < 4.78 is 21.1. The SMILES string of the molecule is CCOc1ccccc1NC(=O)CSc1nnc(-c2ccccc2F)n1C. The number of halogens is 1. The number of anilines is 1. The molecular formula is C19H19FN4O2S. The molecule has 8 heteroatoms. The Bertz CT molecular complexity index is 945. The Hall–Kier alpha value is -2.87. The lowest BCUT2D eigenvalue weighted by Crippen LogP contribution is -2.15. The number of para-hydroxylation sites is 2. The Morgan fingerprint density at radius 3 is 2.70 bits per heavy atom. The number of amides is 1. The van der Waals surface area contributed by atoms with Crippen LogP contribution in [0, 0.1) is 5.82 Å². The van der Waals surface area contributed by atoms with Gasteiger partial charge in [-0.25, -0.2) is 4.39 Å². The standard InChI is InChI=1S/C19H19FN4O2S/c1-3-26-16-11-7-6-10-15(16)21-17(25)12-27-19-23-22-18(24(19)2)13-8-4-5-9-14(13)20/h4-11H,3,12H2,1-2H3,(H,21,25). The molecule has 0 fully saturated rings. The van der Waals surface area contributed by atoms with Crippen molar-refractivity contribution in [2.24, 2.45) is 7.05 Å². The molecule has 1 aromatic heterocycles. The number of thioether (sulfide) groups is 1. The Morgan fingerprint density at radius 1 is 1.19 bits per heavy atom. The van der Waals surface area contributed by atoms with E-state index in [0.29, 0.717) is 34.6 Å². The highest BCUT2D eigenvalue weighted by atomic mass is 32.2. The number of aromatic nitrogens is 3. The van der Waals surface area contributed by atoms with E-state index in [0.717, 1.165) is 0 Å². The smallest absolute Gasteiger partial charge is 0.234 e. The van der Waals surface area contributed by atoms with Crippen LogP contribution in [0.3, 0.4) is 0 Å². The van der Waals surface area contributed by atoms with Crippen LogP contribution in [0.5, 0.6) is 5.75 Å². The molecule has 6 nitrogen and oxygen atoms in total. The number of nitrogens with one attached hydrogen (secondary N) is 1. The molecule has 2 aromatic carbocycles. The fraction of sp³-hybridized carbons (Fsp3) is 0.211. The average Bonchev–Trinajstić information content (AvgIpc) is 3.03. The minimum Gasteiger partial charge on any atom is -0.492 e. The first-order valence-corrected chi connectivity index (χ1v) is 9.37. The van der Waals surface area contributed by atoms with Crippen LogP contribution in [0.15, 0.2) is 53.7 Å². The first kappa shape index (κ1) is 18.9. The van der Waals surface area contributed by atoms with Crippen LogP contribution in [0.2, 0.25) is 0 Å². The molecule has 3 aromatic rings. The molecule has 0 aliphatic rings. The van der Waals surface area contributed by atoms with Crippen molar-refractivity contribution in [3.05, 3.63) is 54.3 Å². The lowest BCUT2D eigenvalue weighted by atomic mass is 10.2. The van der Waals surface area contributed by atoms with E-state index in [4.69, 9.17) is 4.74 Å². The highest BCUT2D eigenvalue weighted by Crippen LogP contribution is 2.26. The van der Waals surface area contributed by atoms with Gasteiger partial charge in [-0.05, 0) is 31.2 Å². The van der Waals surface area contributed by atoms with Gasteiger partial charge in [0, 0.05) is 7.05 Å². The first-order chi connectivity index (χ1) is 13.1. The average molecular weight is 386 g/mol. The number of rotatable bonds is 7. The van der Waals surface area contributed by atoms with Gasteiger partial charge in [0.15, 0.2) is 11.0 Å². The quantitative estimate of drug-likeness (QED) is 0.627. The van der Waals surface area contributed by atoms with Crippen molar-refractivity contribution in [3.63, 3.8) is 0 Å². The van der Waals surface area contributed by atoms with Crippen molar-refractivity contribution >= 4 is 23.4 Å². The van der Waals surface area contributed by atoms with Crippen molar-refractivity contribution in [2.75, 3.05) is 17.7 Å². The van der Waals surface area contributed by atoms with Crippen LogP contribution in [-0.4, -0.2) is 33.0 Å². The second kappa shape index (κ2) is 8.68. The molecule has 0 spiro atoms. The van der Waals surface area contributed by atoms with Gasteiger partial charge in [-0.3, -0.25) is 4.79 Å². The van der Waals surface area contributed by atoms with Gasteiger partial charge in [-0.15, -0.1) is 10.2 Å². The van der Waals surface area contributed by atoms with Gasteiger partial charge in [0.05, 0.1) is 23.6 Å². The van der Waals surface area contributed by atoms with Crippen LogP contribution in [0.25, 0.3) is 11.4 Å². The molecule has 0 radical (unpaired) electrons. The number of nitrogens with zero attached hydrogens (tertiary/aromatic N) is 3. The predicted molar refractivity (Wildman–Crippen MR) is 103 cm³/mol. The van der Waals surface area contributed by atoms with Gasteiger partial charge in [0.25, 0.3) is 0 Å². The number of ether oxygens (including phenoxy) is 1. The third-order valence-corrected chi connectivity index (χ3v) is 4.76. The molecule has 0 unspecified atom stereocenters. The third kappa shape index (κ3) is 4.46. The molecule has 0 saturated heterocycles. The van der Waals surface area contributed by atoms with Crippen molar-refractivity contribution in [1.82, 2.24) is 14.8 Å². The summed E-state index contributed by atoms with van der Waals surface area (Å²) in [5.74, 6) is 0.623. The minimum atomic E-state index is -0.366. The van der Waals surface area contributed by atoms with E-state index in [1.807, 2.05) is 19.1 Å². The molecule has 0 bridgehead atoms. The second-order valence-electron chi connectivity index (χ2n) is 5.61. The van der Waals surface area contributed by atoms with Gasteiger partial charge in [0.2, 0.25) is 5.91 Å². The van der Waals surface area contributed by atoms with E-state index in [1.54, 1.807) is 41.9 Å². The van der Waals surface area contributed by atoms with E-state index in [1.165, 1.54) is 17.8 Å². The number of benzene rings is 2. The van der Waals surface area contributed by atoms with Crippen LogP contribution < -0.4 is 10.1 Å². The topological polar surface area (TPSA) is 69.0 Å². The van der Waals surface area contributed by atoms with E-state index in [2.05, 4.69) is 15.5 Å². The normalized spacial score (nSPS) is 10.6.